The van der Waals surface area contributed by atoms with Crippen molar-refractivity contribution >= 4 is 26.5 Å². The maximum Gasteiger partial charge on any atom is 0.175 e. The van der Waals surface area contributed by atoms with Crippen LogP contribution < -0.4 is 0 Å². The van der Waals surface area contributed by atoms with Crippen molar-refractivity contribution in [3.05, 3.63) is 0 Å². The summed E-state index contributed by atoms with van der Waals surface area (Å²) in [6, 6.07) is 0. The predicted octanol–water partition coefficient (Wildman–Crippen LogP) is 1.86. The summed E-state index contributed by atoms with van der Waals surface area (Å²) >= 11 is 5.07. The van der Waals surface area contributed by atoms with Gasteiger partial charge in [-0.15, -0.1) is 0 Å². The lowest BCUT2D eigenvalue weighted by Gasteiger charge is -2.13. The Morgan fingerprint density at radius 1 is 1.36 bits per heavy atom. The van der Waals surface area contributed by atoms with Crippen LogP contribution in [0.1, 0.15) is 20.3 Å². The van der Waals surface area contributed by atoms with Gasteiger partial charge in [0.2, 0.25) is 0 Å². The first-order chi connectivity index (χ1) is 4.87. The molecule has 11 heavy (non-hydrogen) atoms. The molecule has 0 bridgehead atoms. The Balaban J connectivity index is 4.71. The molecule has 0 saturated heterocycles. The molecule has 0 amide bonds. The normalized spacial score (nSPS) is 17.7. The SMILES string of the molecule is CCCS(=O)(=O)P(C)(=S)CC. The average molecular weight is 214 g/mol. The van der Waals surface area contributed by atoms with Crippen LogP contribution in [-0.4, -0.2) is 27.0 Å². The molecule has 0 aliphatic carbocycles. The summed E-state index contributed by atoms with van der Waals surface area (Å²) in [5.41, 5.74) is 0. The van der Waals surface area contributed by atoms with Gasteiger partial charge in [-0.25, -0.2) is 8.42 Å². The van der Waals surface area contributed by atoms with Crippen molar-refractivity contribution in [2.24, 2.45) is 0 Å². The van der Waals surface area contributed by atoms with E-state index in [2.05, 4.69) is 0 Å². The molecule has 0 aliphatic heterocycles. The van der Waals surface area contributed by atoms with Crippen LogP contribution in [0.15, 0.2) is 0 Å². The van der Waals surface area contributed by atoms with Gasteiger partial charge in [-0.1, -0.05) is 25.7 Å². The van der Waals surface area contributed by atoms with Crippen LogP contribution >= 0.6 is 5.24 Å². The Kier molecular flexibility index (Phi) is 4.23. The molecule has 0 rings (SSSR count). The molecule has 0 spiro atoms. The summed E-state index contributed by atoms with van der Waals surface area (Å²) in [6.45, 7) is 5.43. The molecule has 68 valence electrons. The lowest BCUT2D eigenvalue weighted by atomic mass is 10.6. The van der Waals surface area contributed by atoms with Gasteiger partial charge in [-0.2, -0.15) is 0 Å². The average Bonchev–Trinajstić information content (AvgIpc) is 1.87. The number of hydrogen-bond acceptors (Lipinski definition) is 3. The molecule has 0 radical (unpaired) electrons. The fraction of sp³-hybridized carbons (Fsp3) is 1.00. The highest BCUT2D eigenvalue weighted by Gasteiger charge is 2.24. The van der Waals surface area contributed by atoms with Gasteiger partial charge in [0.15, 0.2) is 9.46 Å². The van der Waals surface area contributed by atoms with E-state index in [1.165, 1.54) is 0 Å². The lowest BCUT2D eigenvalue weighted by molar-refractivity contribution is 0.608. The second-order valence-corrected chi connectivity index (χ2v) is 14.0. The topological polar surface area (TPSA) is 34.1 Å². The molecule has 5 heteroatoms. The fourth-order valence-corrected chi connectivity index (χ4v) is 5.50. The second kappa shape index (κ2) is 4.01. The molecule has 0 aliphatic rings. The van der Waals surface area contributed by atoms with Crippen molar-refractivity contribution in [2.45, 2.75) is 20.3 Å². The predicted molar refractivity (Wildman–Crippen MR) is 54.8 cm³/mol. The van der Waals surface area contributed by atoms with Crippen molar-refractivity contribution in [1.29, 1.82) is 0 Å². The first-order valence-corrected chi connectivity index (χ1v) is 9.36. The lowest BCUT2D eigenvalue weighted by Crippen LogP contribution is -2.06. The van der Waals surface area contributed by atoms with Crippen LogP contribution in [-0.2, 0) is 21.3 Å². The van der Waals surface area contributed by atoms with Crippen molar-refractivity contribution < 1.29 is 8.42 Å². The molecule has 1 atom stereocenters. The van der Waals surface area contributed by atoms with E-state index in [1.807, 2.05) is 13.8 Å². The Hall–Kier alpha value is 0.600. The van der Waals surface area contributed by atoms with Gasteiger partial charge in [0, 0.05) is 0 Å². The molecular formula is C6H15O2PS2. The third-order valence-electron chi connectivity index (χ3n) is 1.62. The molecule has 0 fully saturated rings. The first-order valence-electron chi connectivity index (χ1n) is 3.66. The minimum absolute atomic E-state index is 0.259. The molecule has 0 aromatic heterocycles. The highest BCUT2D eigenvalue weighted by Crippen LogP contribution is 2.48. The summed E-state index contributed by atoms with van der Waals surface area (Å²) < 4.78 is 22.9. The van der Waals surface area contributed by atoms with E-state index >= 15 is 0 Å². The van der Waals surface area contributed by atoms with Gasteiger partial charge in [0.25, 0.3) is 0 Å². The summed E-state index contributed by atoms with van der Waals surface area (Å²) in [5.74, 6) is 0.259. The van der Waals surface area contributed by atoms with Gasteiger partial charge in [0.05, 0.1) is 11.0 Å². The third kappa shape index (κ3) is 2.85. The van der Waals surface area contributed by atoms with Crippen molar-refractivity contribution in [3.63, 3.8) is 0 Å². The zero-order valence-electron chi connectivity index (χ0n) is 7.20. The Morgan fingerprint density at radius 2 is 1.82 bits per heavy atom. The highest BCUT2D eigenvalue weighted by molar-refractivity contribution is 8.66. The molecule has 0 heterocycles. The van der Waals surface area contributed by atoms with E-state index < -0.39 is 14.7 Å². The van der Waals surface area contributed by atoms with Gasteiger partial charge < -0.3 is 0 Å². The largest absolute Gasteiger partial charge is 0.224 e. The number of hydrogen-bond donors (Lipinski definition) is 0. The Morgan fingerprint density at radius 3 is 2.09 bits per heavy atom. The molecule has 2 nitrogen and oxygen atoms in total. The maximum atomic E-state index is 11.4. The van der Waals surface area contributed by atoms with Gasteiger partial charge >= 0.3 is 0 Å². The van der Waals surface area contributed by atoms with E-state index in [0.29, 0.717) is 12.6 Å². The van der Waals surface area contributed by atoms with Crippen LogP contribution in [0.2, 0.25) is 0 Å². The fourth-order valence-electron chi connectivity index (χ4n) is 0.648. The van der Waals surface area contributed by atoms with Crippen molar-refractivity contribution in [2.75, 3.05) is 18.6 Å². The van der Waals surface area contributed by atoms with E-state index in [-0.39, 0.29) is 5.75 Å². The standard InChI is InChI=1S/C6H15O2PS2/c1-4-6-11(7,8)9(3,10)5-2/h4-6H2,1-3H3. The first kappa shape index (κ1) is 11.6. The van der Waals surface area contributed by atoms with Crippen molar-refractivity contribution in [1.82, 2.24) is 0 Å². The Bertz CT molecular complexity index is 256. The molecular weight excluding hydrogens is 199 g/mol. The monoisotopic (exact) mass is 214 g/mol. The smallest absolute Gasteiger partial charge is 0.175 e. The van der Waals surface area contributed by atoms with Crippen molar-refractivity contribution in [3.8, 4) is 0 Å². The second-order valence-electron chi connectivity index (χ2n) is 2.62. The van der Waals surface area contributed by atoms with Crippen LogP contribution in [0.5, 0.6) is 0 Å². The van der Waals surface area contributed by atoms with E-state index in [1.54, 1.807) is 6.66 Å². The van der Waals surface area contributed by atoms with Crippen LogP contribution in [0.3, 0.4) is 0 Å². The third-order valence-corrected chi connectivity index (χ3v) is 12.5. The molecule has 1 unspecified atom stereocenters. The maximum absolute atomic E-state index is 11.4. The number of rotatable bonds is 4. The van der Waals surface area contributed by atoms with Gasteiger partial charge in [0.1, 0.15) is 0 Å². The summed E-state index contributed by atoms with van der Waals surface area (Å²) in [7, 11) is -2.93. The van der Waals surface area contributed by atoms with E-state index in [0.717, 1.165) is 0 Å². The van der Waals surface area contributed by atoms with Crippen LogP contribution in [0.25, 0.3) is 0 Å². The van der Waals surface area contributed by atoms with E-state index in [9.17, 15) is 8.42 Å². The van der Waals surface area contributed by atoms with Crippen LogP contribution in [0.4, 0.5) is 0 Å². The summed E-state index contributed by atoms with van der Waals surface area (Å²) in [4.78, 5) is 0. The van der Waals surface area contributed by atoms with E-state index in [4.69, 9.17) is 11.8 Å². The zero-order chi connectivity index (χ0) is 9.12. The van der Waals surface area contributed by atoms with Gasteiger partial charge in [-0.05, 0) is 19.2 Å². The quantitative estimate of drug-likeness (QED) is 0.670. The Labute approximate surface area is 74.1 Å². The minimum Gasteiger partial charge on any atom is -0.224 e. The molecule has 0 saturated carbocycles. The minimum atomic E-state index is -2.93. The zero-order valence-corrected chi connectivity index (χ0v) is 9.73. The molecule has 0 aromatic carbocycles. The summed E-state index contributed by atoms with van der Waals surface area (Å²) in [6.07, 6.45) is 1.29. The van der Waals surface area contributed by atoms with Crippen LogP contribution in [0, 0.1) is 0 Å². The van der Waals surface area contributed by atoms with Gasteiger partial charge in [-0.3, -0.25) is 0 Å². The highest BCUT2D eigenvalue weighted by atomic mass is 32.9. The molecule has 0 N–H and O–H groups in total. The molecule has 0 aromatic rings. The summed E-state index contributed by atoms with van der Waals surface area (Å²) in [5, 5.41) is -2.09.